The first-order valence-electron chi connectivity index (χ1n) is 6.85. The number of piperidine rings is 1. The van der Waals surface area contributed by atoms with Gasteiger partial charge in [-0.3, -0.25) is 4.18 Å². The summed E-state index contributed by atoms with van der Waals surface area (Å²) < 4.78 is 43.4. The molecule has 0 unspecified atom stereocenters. The highest BCUT2D eigenvalue weighted by molar-refractivity contribution is 7.86. The molecule has 0 aliphatic carbocycles. The van der Waals surface area contributed by atoms with E-state index in [2.05, 4.69) is 0 Å². The summed E-state index contributed by atoms with van der Waals surface area (Å²) in [7, 11) is -4.01. The Balaban J connectivity index is 1.97. The van der Waals surface area contributed by atoms with E-state index in [9.17, 15) is 17.6 Å². The van der Waals surface area contributed by atoms with Crippen LogP contribution in [0.5, 0.6) is 0 Å². The van der Waals surface area contributed by atoms with Crippen molar-refractivity contribution in [3.05, 3.63) is 29.8 Å². The van der Waals surface area contributed by atoms with Crippen molar-refractivity contribution in [2.75, 3.05) is 19.7 Å². The molecule has 1 heterocycles. The zero-order valence-corrected chi connectivity index (χ0v) is 13.0. The third kappa shape index (κ3) is 3.95. The number of nitrogens with zero attached hydrogens (tertiary/aromatic N) is 1. The molecular weight excluding hydrogens is 313 g/mol. The first kappa shape index (κ1) is 16.7. The summed E-state index contributed by atoms with van der Waals surface area (Å²) >= 11 is 0. The van der Waals surface area contributed by atoms with Crippen molar-refractivity contribution in [3.8, 4) is 0 Å². The minimum absolute atomic E-state index is 0.0235. The lowest BCUT2D eigenvalue weighted by Crippen LogP contribution is -2.46. The Labute approximate surface area is 128 Å². The van der Waals surface area contributed by atoms with E-state index in [0.717, 1.165) is 10.5 Å². The predicted molar refractivity (Wildman–Crippen MR) is 77.0 cm³/mol. The molecule has 0 spiro atoms. The van der Waals surface area contributed by atoms with Crippen LogP contribution in [0.4, 0.5) is 9.18 Å². The van der Waals surface area contributed by atoms with Crippen LogP contribution in [0.15, 0.2) is 29.2 Å². The lowest BCUT2D eigenvalue weighted by atomic mass is 9.95. The topological polar surface area (TPSA) is 83.9 Å². The average molecular weight is 331 g/mol. The normalized spacial score (nSPS) is 18.2. The van der Waals surface area contributed by atoms with Gasteiger partial charge in [0.1, 0.15) is 12.3 Å². The van der Waals surface area contributed by atoms with Crippen LogP contribution in [-0.2, 0) is 14.3 Å². The molecule has 1 aliphatic heterocycles. The molecule has 1 aromatic rings. The van der Waals surface area contributed by atoms with Crippen molar-refractivity contribution in [1.29, 1.82) is 0 Å². The molecule has 8 heteroatoms. The van der Waals surface area contributed by atoms with Gasteiger partial charge in [0.15, 0.2) is 0 Å². The van der Waals surface area contributed by atoms with Crippen molar-refractivity contribution >= 4 is 16.2 Å². The minimum Gasteiger partial charge on any atom is -0.465 e. The summed E-state index contributed by atoms with van der Waals surface area (Å²) in [4.78, 5) is 11.9. The van der Waals surface area contributed by atoms with Crippen LogP contribution in [0, 0.1) is 6.92 Å². The Bertz CT molecular complexity index is 636. The fourth-order valence-corrected chi connectivity index (χ4v) is 3.17. The summed E-state index contributed by atoms with van der Waals surface area (Å²) in [5.41, 5.74) is -0.925. The van der Waals surface area contributed by atoms with E-state index >= 15 is 0 Å². The molecule has 1 amide bonds. The summed E-state index contributed by atoms with van der Waals surface area (Å²) in [6.45, 7) is 1.28. The minimum atomic E-state index is -4.01. The largest absolute Gasteiger partial charge is 0.465 e. The molecule has 0 saturated carbocycles. The molecule has 1 N–H and O–H groups in total. The van der Waals surface area contributed by atoms with Gasteiger partial charge in [0.05, 0.1) is 4.90 Å². The van der Waals surface area contributed by atoms with Crippen LogP contribution in [0.25, 0.3) is 0 Å². The van der Waals surface area contributed by atoms with Gasteiger partial charge < -0.3 is 10.0 Å². The molecule has 0 aromatic heterocycles. The highest BCUT2D eigenvalue weighted by atomic mass is 32.2. The van der Waals surface area contributed by atoms with Gasteiger partial charge in [0.25, 0.3) is 10.1 Å². The van der Waals surface area contributed by atoms with Crippen molar-refractivity contribution in [2.24, 2.45) is 0 Å². The molecule has 1 saturated heterocycles. The van der Waals surface area contributed by atoms with E-state index in [1.54, 1.807) is 12.1 Å². The van der Waals surface area contributed by atoms with Gasteiger partial charge in [-0.15, -0.1) is 0 Å². The second-order valence-corrected chi connectivity index (χ2v) is 7.07. The molecule has 0 radical (unpaired) electrons. The number of halogens is 1. The number of carbonyl (C=O) groups is 1. The van der Waals surface area contributed by atoms with Crippen molar-refractivity contribution in [3.63, 3.8) is 0 Å². The lowest BCUT2D eigenvalue weighted by Gasteiger charge is -2.34. The third-order valence-corrected chi connectivity index (χ3v) is 4.99. The molecule has 1 aliphatic rings. The maximum atomic E-state index is 14.5. The van der Waals surface area contributed by atoms with E-state index in [0.29, 0.717) is 0 Å². The van der Waals surface area contributed by atoms with Crippen LogP contribution in [0.1, 0.15) is 18.4 Å². The predicted octanol–water partition coefficient (Wildman–Crippen LogP) is 2.18. The number of carboxylic acid groups (broad SMARTS) is 1. The Morgan fingerprint density at radius 2 is 1.86 bits per heavy atom. The fraction of sp³-hybridized carbons (Fsp3) is 0.500. The van der Waals surface area contributed by atoms with E-state index in [1.165, 1.54) is 12.1 Å². The lowest BCUT2D eigenvalue weighted by molar-refractivity contribution is 0.0220. The van der Waals surface area contributed by atoms with Crippen LogP contribution in [0.3, 0.4) is 0 Å². The maximum absolute atomic E-state index is 14.5. The molecule has 2 rings (SSSR count). The second-order valence-electron chi connectivity index (χ2n) is 5.45. The summed E-state index contributed by atoms with van der Waals surface area (Å²) in [5.74, 6) is 0. The highest BCUT2D eigenvalue weighted by Gasteiger charge is 2.37. The third-order valence-electron chi connectivity index (χ3n) is 3.71. The molecule has 1 aromatic carbocycles. The maximum Gasteiger partial charge on any atom is 0.407 e. The molecule has 0 bridgehead atoms. The van der Waals surface area contributed by atoms with Gasteiger partial charge in [-0.2, -0.15) is 8.42 Å². The highest BCUT2D eigenvalue weighted by Crippen LogP contribution is 2.28. The van der Waals surface area contributed by atoms with Crippen LogP contribution in [0.2, 0.25) is 0 Å². The van der Waals surface area contributed by atoms with Gasteiger partial charge in [-0.1, -0.05) is 17.7 Å². The van der Waals surface area contributed by atoms with Crippen LogP contribution >= 0.6 is 0 Å². The number of rotatable bonds is 4. The van der Waals surface area contributed by atoms with Crippen molar-refractivity contribution < 1.29 is 26.9 Å². The van der Waals surface area contributed by atoms with Gasteiger partial charge in [-0.05, 0) is 19.1 Å². The first-order chi connectivity index (χ1) is 10.2. The molecule has 1 fully saturated rings. The fourth-order valence-electron chi connectivity index (χ4n) is 2.20. The summed E-state index contributed by atoms with van der Waals surface area (Å²) in [5, 5.41) is 8.82. The van der Waals surface area contributed by atoms with E-state index in [1.807, 2.05) is 6.92 Å². The number of amides is 1. The summed E-state index contributed by atoms with van der Waals surface area (Å²) in [6, 6.07) is 6.07. The van der Waals surface area contributed by atoms with Gasteiger partial charge >= 0.3 is 6.09 Å². The standard InChI is InChI=1S/C14H18FNO5S/c1-11-2-4-12(5-3-11)22(19,20)21-10-14(15)6-8-16(9-7-14)13(17)18/h2-5H,6-10H2,1H3,(H,17,18). The average Bonchev–Trinajstić information content (AvgIpc) is 2.46. The molecule has 6 nitrogen and oxygen atoms in total. The second kappa shape index (κ2) is 6.21. The van der Waals surface area contributed by atoms with E-state index in [-0.39, 0.29) is 30.8 Å². The van der Waals surface area contributed by atoms with Crippen LogP contribution in [-0.4, -0.2) is 49.9 Å². The SMILES string of the molecule is Cc1ccc(S(=O)(=O)OCC2(F)CCN(C(=O)O)CC2)cc1. The molecular formula is C14H18FNO5S. The summed E-state index contributed by atoms with van der Waals surface area (Å²) in [6.07, 6.45) is -1.26. The van der Waals surface area contributed by atoms with E-state index < -0.39 is 28.5 Å². The Hall–Kier alpha value is -1.67. The van der Waals surface area contributed by atoms with Crippen molar-refractivity contribution in [1.82, 2.24) is 4.90 Å². The quantitative estimate of drug-likeness (QED) is 0.855. The van der Waals surface area contributed by atoms with Crippen molar-refractivity contribution in [2.45, 2.75) is 30.3 Å². The number of likely N-dealkylation sites (tertiary alicyclic amines) is 1. The van der Waals surface area contributed by atoms with Gasteiger partial charge in [0, 0.05) is 25.9 Å². The smallest absolute Gasteiger partial charge is 0.407 e. The Kier molecular flexibility index (Phi) is 4.72. The van der Waals surface area contributed by atoms with Gasteiger partial charge in [0.2, 0.25) is 0 Å². The van der Waals surface area contributed by atoms with Gasteiger partial charge in [-0.25, -0.2) is 9.18 Å². The molecule has 0 atom stereocenters. The molecule has 22 heavy (non-hydrogen) atoms. The first-order valence-corrected chi connectivity index (χ1v) is 8.26. The number of hydrogen-bond donors (Lipinski definition) is 1. The van der Waals surface area contributed by atoms with E-state index in [4.69, 9.17) is 9.29 Å². The zero-order valence-electron chi connectivity index (χ0n) is 12.2. The Morgan fingerprint density at radius 3 is 2.36 bits per heavy atom. The number of alkyl halides is 1. The zero-order chi connectivity index (χ0) is 16.4. The number of hydrogen-bond acceptors (Lipinski definition) is 4. The number of aryl methyl sites for hydroxylation is 1. The number of benzene rings is 1. The monoisotopic (exact) mass is 331 g/mol. The van der Waals surface area contributed by atoms with Crippen LogP contribution < -0.4 is 0 Å². The molecule has 122 valence electrons. The Morgan fingerprint density at radius 1 is 1.32 bits per heavy atom.